The van der Waals surface area contributed by atoms with E-state index in [4.69, 9.17) is 34.2 Å². The van der Waals surface area contributed by atoms with Gasteiger partial charge in [0.25, 0.3) is 0 Å². The molecule has 2 heterocycles. The molecule has 2 aromatic rings. The lowest BCUT2D eigenvalue weighted by Gasteiger charge is -2.69. The standard InChI is InChI=1S/C60H79N5O16S/c1-33(2)82-29-48(71)62-18-16-47(70)63-41-21-35(9-14-44(41)79-53-51(73)50(72)43(68)27-76-53)26-77-54(74)64(5)19-20-65(6)55(75)78-28-45(69)60-46(80-52(81-60)36-10-7-34(8-11-36)24-58-30-59(61,31-58)32-58)23-40-39-13-12-37-22-38(66)15-17-56(37,3)49(39)42(67)25-57(40,60)4/h7-11,14-15,17,21-22,33,39-40,42-43,46,49-53,67-68,72-73H,12-13,16,18-20,23-32,61H2,1-6H3,(H,62,71)(H,63,70)/t39-,40-,42-,43+,46+,49+,50-,51+,52+,53-,56-,57-,58?,59?,60+/m0/s1. The predicted molar refractivity (Wildman–Crippen MR) is 299 cm³/mol. The minimum absolute atomic E-state index is 0.000997. The molecule has 8 N–H and O–H groups in total. The van der Waals surface area contributed by atoms with Crippen LogP contribution in [0.3, 0.4) is 0 Å². The Morgan fingerprint density at radius 1 is 0.902 bits per heavy atom. The van der Waals surface area contributed by atoms with Crippen LogP contribution in [0.25, 0.3) is 0 Å². The van der Waals surface area contributed by atoms with E-state index in [1.54, 1.807) is 18.2 Å². The van der Waals surface area contributed by atoms with Gasteiger partial charge >= 0.3 is 12.2 Å². The van der Waals surface area contributed by atoms with Gasteiger partial charge in [0.15, 0.2) is 24.3 Å². The van der Waals surface area contributed by atoms with Crippen molar-refractivity contribution in [2.24, 2.45) is 39.7 Å². The van der Waals surface area contributed by atoms with Crippen molar-refractivity contribution < 1.29 is 77.6 Å². The molecule has 9 aliphatic rings. The zero-order valence-electron chi connectivity index (χ0n) is 47.5. The fraction of sp³-hybridized carbons (Fsp3) is 0.633. The van der Waals surface area contributed by atoms with Crippen LogP contribution in [0.15, 0.2) is 66.3 Å². The summed E-state index contributed by atoms with van der Waals surface area (Å²) in [5.74, 6) is -1.30. The number of nitrogens with two attached hydrogens (primary N) is 1. The van der Waals surface area contributed by atoms with Gasteiger partial charge in [0, 0.05) is 68.0 Å². The Morgan fingerprint density at radius 3 is 2.29 bits per heavy atom. The van der Waals surface area contributed by atoms with E-state index < -0.39 is 90.0 Å². The number of carbonyl (C=O) groups is 6. The molecular formula is C60H79N5O16S. The fourth-order valence-corrected chi connectivity index (χ4v) is 15.6. The lowest BCUT2D eigenvalue weighted by Crippen LogP contribution is -2.72. The minimum Gasteiger partial charge on any atom is -0.460 e. The van der Waals surface area contributed by atoms with Crippen molar-refractivity contribution in [2.75, 3.05) is 58.0 Å². The summed E-state index contributed by atoms with van der Waals surface area (Å²) >= 11 is 1.47. The molecule has 13 atom stereocenters. The molecule has 11 rings (SSSR count). The first-order valence-electron chi connectivity index (χ1n) is 28.6. The van der Waals surface area contributed by atoms with E-state index in [0.29, 0.717) is 18.4 Å². The summed E-state index contributed by atoms with van der Waals surface area (Å²) in [5, 5.41) is 48.7. The summed E-state index contributed by atoms with van der Waals surface area (Å²) in [4.78, 5) is 82.5. The normalized spacial score (nSPS) is 35.6. The van der Waals surface area contributed by atoms with Gasteiger partial charge in [-0.1, -0.05) is 69.7 Å². The SMILES string of the molecule is CC(C)SCC(=O)NCCC(=O)Nc1cc(COC(=O)N(C)CCN(C)C(=O)OCC(=O)[C@@]23O[C@H](c4ccc(CC56CC(N)(C5)C6)cc4)O[C@@H]2C[C@H]2[C@@H]4CCC5=CC(=O)C=C[C@]5(C)[C@H]4[C@@H](O)C[C@@]23C)ccc1O[C@@H]1OC[C@@H](O)[C@H](O)[C@H]1O. The van der Waals surface area contributed by atoms with Crippen molar-refractivity contribution in [3.63, 3.8) is 0 Å². The lowest BCUT2D eigenvalue weighted by molar-refractivity contribution is -0.241. The van der Waals surface area contributed by atoms with Crippen LogP contribution >= 0.6 is 11.8 Å². The molecule has 0 radical (unpaired) electrons. The molecule has 2 aromatic carbocycles. The number of aliphatic hydroxyl groups excluding tert-OH is 4. The van der Waals surface area contributed by atoms with Crippen LogP contribution in [0.1, 0.15) is 102 Å². The third-order valence-corrected chi connectivity index (χ3v) is 20.1. The zero-order chi connectivity index (χ0) is 58.7. The van der Waals surface area contributed by atoms with Gasteiger partial charge in [-0.15, -0.1) is 11.8 Å². The number of Topliss-reactive ketones (excluding diaryl/α,β-unsaturated/α-hetero) is 1. The zero-order valence-corrected chi connectivity index (χ0v) is 48.3. The number of ketones is 2. The number of nitrogens with zero attached hydrogens (tertiary/aromatic N) is 2. The van der Waals surface area contributed by atoms with E-state index in [0.717, 1.165) is 43.2 Å². The van der Waals surface area contributed by atoms with E-state index in [-0.39, 0.29) is 109 Å². The third kappa shape index (κ3) is 11.5. The van der Waals surface area contributed by atoms with E-state index in [2.05, 4.69) is 29.7 Å². The number of rotatable bonds is 20. The Bertz CT molecular complexity index is 2850. The second kappa shape index (κ2) is 23.2. The van der Waals surface area contributed by atoms with Crippen molar-refractivity contribution in [3.8, 4) is 5.75 Å². The number of allylic oxidation sites excluding steroid dienone is 4. The Morgan fingerprint density at radius 2 is 1.60 bits per heavy atom. The number of fused-ring (bicyclic) bond motifs is 7. The highest BCUT2D eigenvalue weighted by molar-refractivity contribution is 8.00. The van der Waals surface area contributed by atoms with Gasteiger partial charge in [-0.2, -0.15) is 0 Å². The molecule has 21 nitrogen and oxygen atoms in total. The maximum Gasteiger partial charge on any atom is 0.409 e. The highest BCUT2D eigenvalue weighted by Gasteiger charge is 2.76. The molecular weight excluding hydrogens is 1080 g/mol. The molecule has 82 heavy (non-hydrogen) atoms. The summed E-state index contributed by atoms with van der Waals surface area (Å²) in [7, 11) is 2.96. The molecule has 2 bridgehead atoms. The number of carbonyl (C=O) groups excluding carboxylic acids is 6. The fourth-order valence-electron chi connectivity index (χ4n) is 15.0. The quantitative estimate of drug-likeness (QED) is 0.0963. The Kier molecular flexibility index (Phi) is 16.9. The summed E-state index contributed by atoms with van der Waals surface area (Å²) in [6.07, 6.45) is 1.35. The van der Waals surface area contributed by atoms with Crippen molar-refractivity contribution >= 4 is 53.0 Å². The number of hydrogen-bond donors (Lipinski definition) is 7. The van der Waals surface area contributed by atoms with Gasteiger partial charge in [0.1, 0.15) is 30.7 Å². The van der Waals surface area contributed by atoms with E-state index in [9.17, 15) is 44.4 Å². The average Bonchev–Trinajstić information content (AvgIpc) is 2.59. The first-order valence-corrected chi connectivity index (χ1v) is 29.7. The van der Waals surface area contributed by atoms with Crippen LogP contribution in [-0.4, -0.2) is 172 Å². The van der Waals surface area contributed by atoms with Crippen LogP contribution in [0, 0.1) is 34.0 Å². The first-order chi connectivity index (χ1) is 38.8. The summed E-state index contributed by atoms with van der Waals surface area (Å²) in [5.41, 5.74) is 7.07. The number of likely N-dealkylation sites (N-methyl/N-ethyl adjacent to an activating group) is 2. The molecule has 446 valence electrons. The van der Waals surface area contributed by atoms with Crippen LogP contribution in [0.5, 0.6) is 5.75 Å². The summed E-state index contributed by atoms with van der Waals surface area (Å²) < 4.78 is 36.5. The van der Waals surface area contributed by atoms with Gasteiger partial charge < -0.3 is 75.0 Å². The summed E-state index contributed by atoms with van der Waals surface area (Å²) in [6, 6.07) is 12.6. The summed E-state index contributed by atoms with van der Waals surface area (Å²) in [6.45, 7) is 6.86. The topological polar surface area (TPSA) is 295 Å². The van der Waals surface area contributed by atoms with Gasteiger partial charge in [-0.25, -0.2) is 9.59 Å². The molecule has 0 unspecified atom stereocenters. The maximum absolute atomic E-state index is 15.2. The molecule has 7 aliphatic carbocycles. The average molecular weight is 1160 g/mol. The van der Waals surface area contributed by atoms with Crippen molar-refractivity contribution in [2.45, 2.75) is 152 Å². The van der Waals surface area contributed by atoms with E-state index >= 15 is 4.79 Å². The second-order valence-corrected chi connectivity index (χ2v) is 26.7. The molecule has 2 aliphatic heterocycles. The molecule has 8 fully saturated rings. The first kappa shape index (κ1) is 59.7. The van der Waals surface area contributed by atoms with Gasteiger partial charge in [0.2, 0.25) is 23.9 Å². The van der Waals surface area contributed by atoms with Gasteiger partial charge in [-0.3, -0.25) is 19.2 Å². The van der Waals surface area contributed by atoms with Crippen LogP contribution in [0.2, 0.25) is 0 Å². The van der Waals surface area contributed by atoms with Crippen LogP contribution in [0.4, 0.5) is 15.3 Å². The van der Waals surface area contributed by atoms with Crippen molar-refractivity contribution in [1.82, 2.24) is 15.1 Å². The predicted octanol–water partition coefficient (Wildman–Crippen LogP) is 4.46. The molecule has 2 saturated heterocycles. The number of thioether (sulfide) groups is 1. The lowest BCUT2D eigenvalue weighted by atomic mass is 9.38. The number of anilines is 1. The molecule has 6 saturated carbocycles. The minimum atomic E-state index is -1.63. The Hall–Kier alpha value is -5.43. The van der Waals surface area contributed by atoms with Crippen LogP contribution < -0.4 is 21.1 Å². The molecule has 4 amide bonds. The van der Waals surface area contributed by atoms with E-state index in [1.165, 1.54) is 53.4 Å². The number of benzene rings is 2. The number of nitrogens with one attached hydrogen (secondary N) is 2. The number of aliphatic hydroxyl groups is 4. The monoisotopic (exact) mass is 1160 g/mol. The molecule has 0 aromatic heterocycles. The second-order valence-electron chi connectivity index (χ2n) is 25.2. The molecule has 22 heteroatoms. The third-order valence-electron chi connectivity index (χ3n) is 19.0. The van der Waals surface area contributed by atoms with Gasteiger partial charge in [0.05, 0.1) is 30.3 Å². The number of ether oxygens (including phenoxy) is 6. The largest absolute Gasteiger partial charge is 0.460 e. The van der Waals surface area contributed by atoms with E-state index in [1.807, 2.05) is 39.0 Å². The maximum atomic E-state index is 15.2. The van der Waals surface area contributed by atoms with Crippen LogP contribution in [-0.2, 0) is 55.9 Å². The smallest absolute Gasteiger partial charge is 0.409 e. The highest BCUT2D eigenvalue weighted by atomic mass is 32.2. The number of hydrogen-bond acceptors (Lipinski definition) is 18. The van der Waals surface area contributed by atoms with Crippen molar-refractivity contribution in [1.29, 1.82) is 0 Å². The van der Waals surface area contributed by atoms with Gasteiger partial charge in [-0.05, 0) is 109 Å². The Balaban J connectivity index is 0.765. The highest BCUT2D eigenvalue weighted by Crippen LogP contribution is 2.71. The Labute approximate surface area is 481 Å². The molecule has 0 spiro atoms. The number of amides is 4. The van der Waals surface area contributed by atoms with Crippen molar-refractivity contribution in [3.05, 3.63) is 83.0 Å².